The maximum absolute atomic E-state index is 6.08. The van der Waals surface area contributed by atoms with E-state index in [0.717, 1.165) is 39.0 Å². The van der Waals surface area contributed by atoms with Crippen molar-refractivity contribution < 1.29 is 4.42 Å². The highest BCUT2D eigenvalue weighted by atomic mass is 16.3. The van der Waals surface area contributed by atoms with Crippen molar-refractivity contribution in [1.82, 2.24) is 9.88 Å². The van der Waals surface area contributed by atoms with Gasteiger partial charge in [0, 0.05) is 36.8 Å². The van der Waals surface area contributed by atoms with Crippen LogP contribution in [0.1, 0.15) is 11.1 Å². The van der Waals surface area contributed by atoms with E-state index in [1.54, 1.807) is 19.3 Å². The summed E-state index contributed by atoms with van der Waals surface area (Å²) in [5, 5.41) is 2.03. The molecule has 0 amide bonds. The SMILES string of the molecule is C=C/C=C\C(=C)N(C)/C(=N/C)c1c(C)ccc2c1oc1ncccc12. The molecule has 4 heteroatoms. The van der Waals surface area contributed by atoms with Crippen molar-refractivity contribution in [1.29, 1.82) is 0 Å². The lowest BCUT2D eigenvalue weighted by Gasteiger charge is -2.22. The van der Waals surface area contributed by atoms with Gasteiger partial charge in [-0.15, -0.1) is 0 Å². The Morgan fingerprint density at radius 3 is 2.80 bits per heavy atom. The lowest BCUT2D eigenvalue weighted by atomic mass is 10.0. The summed E-state index contributed by atoms with van der Waals surface area (Å²) >= 11 is 0. The third-order valence-electron chi connectivity index (χ3n) is 4.23. The lowest BCUT2D eigenvalue weighted by Crippen LogP contribution is -2.26. The van der Waals surface area contributed by atoms with Gasteiger partial charge in [0.05, 0.1) is 5.56 Å². The van der Waals surface area contributed by atoms with E-state index in [4.69, 9.17) is 4.42 Å². The minimum Gasteiger partial charge on any atom is -0.437 e. The summed E-state index contributed by atoms with van der Waals surface area (Å²) in [4.78, 5) is 10.8. The van der Waals surface area contributed by atoms with Gasteiger partial charge in [0.25, 0.3) is 0 Å². The number of aryl methyl sites for hydroxylation is 1. The molecule has 0 spiro atoms. The Bertz CT molecular complexity index is 1020. The minimum absolute atomic E-state index is 0.632. The van der Waals surface area contributed by atoms with Gasteiger partial charge in [-0.1, -0.05) is 37.4 Å². The van der Waals surface area contributed by atoms with Crippen molar-refractivity contribution in [2.24, 2.45) is 4.99 Å². The van der Waals surface area contributed by atoms with Crippen LogP contribution in [0.5, 0.6) is 0 Å². The average molecular weight is 331 g/mol. The molecule has 0 fully saturated rings. The molecule has 126 valence electrons. The van der Waals surface area contributed by atoms with Gasteiger partial charge in [0.1, 0.15) is 11.4 Å². The van der Waals surface area contributed by atoms with Crippen LogP contribution in [-0.4, -0.2) is 29.8 Å². The second-order valence-electron chi connectivity index (χ2n) is 5.78. The molecule has 0 radical (unpaired) electrons. The number of hydrogen-bond donors (Lipinski definition) is 0. The van der Waals surface area contributed by atoms with Gasteiger partial charge in [-0.25, -0.2) is 4.98 Å². The fraction of sp³-hybridized carbons (Fsp3) is 0.143. The van der Waals surface area contributed by atoms with Crippen LogP contribution < -0.4 is 0 Å². The zero-order valence-corrected chi connectivity index (χ0v) is 14.8. The highest BCUT2D eigenvalue weighted by Gasteiger charge is 2.20. The van der Waals surface area contributed by atoms with Crippen molar-refractivity contribution in [3.8, 4) is 0 Å². The maximum Gasteiger partial charge on any atom is 0.227 e. The molecule has 0 unspecified atom stereocenters. The molecule has 0 saturated heterocycles. The molecule has 0 aliphatic rings. The number of likely N-dealkylation sites (N-methyl/N-ethyl adjacent to an activating group) is 1. The molecular weight excluding hydrogens is 310 g/mol. The van der Waals surface area contributed by atoms with Gasteiger partial charge in [-0.05, 0) is 30.7 Å². The van der Waals surface area contributed by atoms with Gasteiger partial charge < -0.3 is 9.32 Å². The van der Waals surface area contributed by atoms with E-state index >= 15 is 0 Å². The number of nitrogens with zero attached hydrogens (tertiary/aromatic N) is 3. The van der Waals surface area contributed by atoms with Gasteiger partial charge in [0.15, 0.2) is 0 Å². The monoisotopic (exact) mass is 331 g/mol. The van der Waals surface area contributed by atoms with Crippen LogP contribution in [0.4, 0.5) is 0 Å². The molecule has 0 bridgehead atoms. The van der Waals surface area contributed by atoms with E-state index < -0.39 is 0 Å². The highest BCUT2D eigenvalue weighted by Crippen LogP contribution is 2.32. The van der Waals surface area contributed by atoms with Crippen molar-refractivity contribution in [3.63, 3.8) is 0 Å². The van der Waals surface area contributed by atoms with Crippen LogP contribution in [0.3, 0.4) is 0 Å². The molecule has 0 aliphatic heterocycles. The molecule has 3 aromatic rings. The molecule has 0 N–H and O–H groups in total. The summed E-state index contributed by atoms with van der Waals surface area (Å²) in [6, 6.07) is 8.09. The van der Waals surface area contributed by atoms with E-state index in [2.05, 4.69) is 42.2 Å². The Kier molecular flexibility index (Phi) is 4.52. The van der Waals surface area contributed by atoms with Crippen LogP contribution in [0.2, 0.25) is 0 Å². The molecule has 25 heavy (non-hydrogen) atoms. The van der Waals surface area contributed by atoms with E-state index in [1.165, 1.54) is 0 Å². The lowest BCUT2D eigenvalue weighted by molar-refractivity contribution is 0.635. The summed E-state index contributed by atoms with van der Waals surface area (Å²) < 4.78 is 6.08. The first-order valence-corrected chi connectivity index (χ1v) is 8.04. The zero-order valence-electron chi connectivity index (χ0n) is 14.8. The first kappa shape index (κ1) is 16.7. The molecule has 0 saturated carbocycles. The van der Waals surface area contributed by atoms with Gasteiger partial charge in [0.2, 0.25) is 5.71 Å². The van der Waals surface area contributed by atoms with Crippen molar-refractivity contribution in [2.75, 3.05) is 14.1 Å². The fourth-order valence-electron chi connectivity index (χ4n) is 2.91. The Balaban J connectivity index is 2.22. The number of furan rings is 1. The molecule has 1 aromatic carbocycles. The number of aromatic nitrogens is 1. The molecule has 2 aromatic heterocycles. The first-order valence-electron chi connectivity index (χ1n) is 8.04. The molecule has 0 aliphatic carbocycles. The Labute approximate surface area is 147 Å². The van der Waals surface area contributed by atoms with Gasteiger partial charge in [-0.3, -0.25) is 4.99 Å². The Hall–Kier alpha value is -3.14. The smallest absolute Gasteiger partial charge is 0.227 e. The second-order valence-corrected chi connectivity index (χ2v) is 5.78. The van der Waals surface area contributed by atoms with Crippen LogP contribution >= 0.6 is 0 Å². The number of hydrogen-bond acceptors (Lipinski definition) is 3. The standard InChI is InChI=1S/C21H21N3O/c1-6-7-9-15(3)24(5)20(22-4)18-14(2)11-12-16-17-10-8-13-23-21(17)25-19(16)18/h6-13H,1,3H2,2,4-5H3/b9-7-,22-20+. The number of benzene rings is 1. The van der Waals surface area contributed by atoms with Gasteiger partial charge >= 0.3 is 0 Å². The minimum atomic E-state index is 0.632. The normalized spacial score (nSPS) is 12.2. The van der Waals surface area contributed by atoms with Crippen molar-refractivity contribution in [3.05, 3.63) is 78.7 Å². The van der Waals surface area contributed by atoms with E-state index in [0.29, 0.717) is 5.71 Å². The summed E-state index contributed by atoms with van der Waals surface area (Å²) in [7, 11) is 3.72. The third kappa shape index (κ3) is 2.87. The number of fused-ring (bicyclic) bond motifs is 3. The topological polar surface area (TPSA) is 41.6 Å². The number of rotatable bonds is 4. The highest BCUT2D eigenvalue weighted by molar-refractivity contribution is 6.15. The van der Waals surface area contributed by atoms with E-state index in [1.807, 2.05) is 36.2 Å². The fourth-order valence-corrected chi connectivity index (χ4v) is 2.91. The van der Waals surface area contributed by atoms with E-state index in [9.17, 15) is 0 Å². The predicted octanol–water partition coefficient (Wildman–Crippen LogP) is 4.85. The number of allylic oxidation sites excluding steroid dienone is 3. The molecule has 4 nitrogen and oxygen atoms in total. The van der Waals surface area contributed by atoms with Crippen molar-refractivity contribution >= 4 is 27.9 Å². The van der Waals surface area contributed by atoms with Crippen LogP contribution in [0.25, 0.3) is 22.1 Å². The Morgan fingerprint density at radius 1 is 1.28 bits per heavy atom. The predicted molar refractivity (Wildman–Crippen MR) is 105 cm³/mol. The van der Waals surface area contributed by atoms with E-state index in [-0.39, 0.29) is 0 Å². The first-order chi connectivity index (χ1) is 12.1. The molecular formula is C21H21N3O. The summed E-state index contributed by atoms with van der Waals surface area (Å²) in [5.41, 5.74) is 4.27. The number of amidine groups is 1. The largest absolute Gasteiger partial charge is 0.437 e. The van der Waals surface area contributed by atoms with Crippen LogP contribution in [0.15, 0.2) is 77.0 Å². The van der Waals surface area contributed by atoms with Crippen LogP contribution in [-0.2, 0) is 0 Å². The third-order valence-corrected chi connectivity index (χ3v) is 4.23. The average Bonchev–Trinajstić information content (AvgIpc) is 3.00. The second kappa shape index (κ2) is 6.77. The Morgan fingerprint density at radius 2 is 2.08 bits per heavy atom. The summed E-state index contributed by atoms with van der Waals surface area (Å²) in [6.45, 7) is 9.85. The number of pyridine rings is 1. The van der Waals surface area contributed by atoms with Gasteiger partial charge in [-0.2, -0.15) is 0 Å². The molecule has 3 rings (SSSR count). The summed E-state index contributed by atoms with van der Waals surface area (Å²) in [6.07, 6.45) is 7.21. The maximum atomic E-state index is 6.08. The van der Waals surface area contributed by atoms with Crippen molar-refractivity contribution in [2.45, 2.75) is 6.92 Å². The quantitative estimate of drug-likeness (QED) is 0.390. The number of aliphatic imine (C=N–C) groups is 1. The molecule has 0 atom stereocenters. The zero-order chi connectivity index (χ0) is 18.0. The molecule has 2 heterocycles. The summed E-state index contributed by atoms with van der Waals surface area (Å²) in [5.74, 6) is 0.792. The van der Waals surface area contributed by atoms with Crippen LogP contribution in [0, 0.1) is 6.92 Å².